The summed E-state index contributed by atoms with van der Waals surface area (Å²) < 4.78 is 11.5. The van der Waals surface area contributed by atoms with Gasteiger partial charge in [-0.05, 0) is 35.7 Å². The topological polar surface area (TPSA) is 68.7 Å². The van der Waals surface area contributed by atoms with Crippen molar-refractivity contribution in [2.75, 3.05) is 20.3 Å². The number of aromatic nitrogens is 1. The number of carbonyl (C=O) groups excluding carboxylic acids is 2. The molecule has 2 aromatic carbocycles. The van der Waals surface area contributed by atoms with Gasteiger partial charge in [-0.1, -0.05) is 38.1 Å². The number of carbonyl (C=O) groups is 2. The van der Waals surface area contributed by atoms with E-state index in [0.717, 1.165) is 15.2 Å². The van der Waals surface area contributed by atoms with Crippen molar-refractivity contribution >= 4 is 33.4 Å². The molecular formula is C22H24N2O4S. The number of fused-ring (bicyclic) bond motifs is 1. The van der Waals surface area contributed by atoms with Crippen LogP contribution in [0.15, 0.2) is 48.5 Å². The van der Waals surface area contributed by atoms with Crippen LogP contribution < -0.4 is 4.74 Å². The van der Waals surface area contributed by atoms with Crippen LogP contribution in [0.5, 0.6) is 5.75 Å². The zero-order chi connectivity index (χ0) is 20.8. The first kappa shape index (κ1) is 20.8. The van der Waals surface area contributed by atoms with Gasteiger partial charge in [-0.3, -0.25) is 4.79 Å². The summed E-state index contributed by atoms with van der Waals surface area (Å²) in [7, 11) is 1.66. The third-order valence-electron chi connectivity index (χ3n) is 4.40. The Bertz CT molecular complexity index is 949. The van der Waals surface area contributed by atoms with Crippen LogP contribution in [0.3, 0.4) is 0 Å². The van der Waals surface area contributed by atoms with Crippen LogP contribution in [-0.2, 0) is 20.9 Å². The van der Waals surface area contributed by atoms with Gasteiger partial charge in [-0.25, -0.2) is 9.78 Å². The first-order valence-electron chi connectivity index (χ1n) is 9.39. The zero-order valence-corrected chi connectivity index (χ0v) is 17.6. The number of rotatable bonds is 8. The van der Waals surface area contributed by atoms with Gasteiger partial charge in [0.2, 0.25) is 0 Å². The molecule has 0 aliphatic rings. The van der Waals surface area contributed by atoms with Crippen molar-refractivity contribution in [2.45, 2.75) is 26.3 Å². The maximum Gasteiger partial charge on any atom is 0.344 e. The summed E-state index contributed by atoms with van der Waals surface area (Å²) >= 11 is 1.54. The second-order valence-corrected chi connectivity index (χ2v) is 8.11. The predicted octanol–water partition coefficient (Wildman–Crippen LogP) is 4.00. The fourth-order valence-electron chi connectivity index (χ4n) is 2.66. The van der Waals surface area contributed by atoms with Crippen molar-refractivity contribution in [1.82, 2.24) is 9.88 Å². The lowest BCUT2D eigenvalue weighted by molar-refractivity contribution is -0.153. The van der Waals surface area contributed by atoms with Gasteiger partial charge in [0, 0.05) is 7.05 Å². The van der Waals surface area contributed by atoms with E-state index in [2.05, 4.69) is 18.8 Å². The van der Waals surface area contributed by atoms with Gasteiger partial charge in [0.25, 0.3) is 5.91 Å². The standard InChI is InChI=1S/C22H24N2O4S/c1-15(2)16-8-10-17(11-9-16)27-14-22(26)28-13-21(25)24(3)12-20-23-18-6-4-5-7-19(18)29-20/h4-11,15H,12-14H2,1-3H3. The number of benzene rings is 2. The molecular weight excluding hydrogens is 388 g/mol. The minimum absolute atomic E-state index is 0.240. The third kappa shape index (κ3) is 5.77. The molecule has 0 saturated heterocycles. The number of likely N-dealkylation sites (N-methyl/N-ethyl adjacent to an activating group) is 1. The second kappa shape index (κ2) is 9.52. The minimum Gasteiger partial charge on any atom is -0.482 e. The molecule has 0 atom stereocenters. The molecule has 3 rings (SSSR count). The molecule has 0 N–H and O–H groups in total. The highest BCUT2D eigenvalue weighted by molar-refractivity contribution is 7.18. The van der Waals surface area contributed by atoms with Crippen molar-refractivity contribution in [1.29, 1.82) is 0 Å². The van der Waals surface area contributed by atoms with E-state index >= 15 is 0 Å². The highest BCUT2D eigenvalue weighted by Crippen LogP contribution is 2.22. The van der Waals surface area contributed by atoms with E-state index in [9.17, 15) is 9.59 Å². The maximum atomic E-state index is 12.2. The molecule has 0 radical (unpaired) electrons. The zero-order valence-electron chi connectivity index (χ0n) is 16.8. The number of hydrogen-bond acceptors (Lipinski definition) is 6. The Morgan fingerprint density at radius 3 is 2.48 bits per heavy atom. The Balaban J connectivity index is 1.42. The first-order valence-corrected chi connectivity index (χ1v) is 10.2. The Labute approximate surface area is 174 Å². The Kier molecular flexibility index (Phi) is 6.82. The summed E-state index contributed by atoms with van der Waals surface area (Å²) in [6.07, 6.45) is 0. The van der Waals surface area contributed by atoms with Gasteiger partial charge in [-0.2, -0.15) is 0 Å². The van der Waals surface area contributed by atoms with E-state index in [-0.39, 0.29) is 19.1 Å². The van der Waals surface area contributed by atoms with E-state index in [1.54, 1.807) is 18.4 Å². The van der Waals surface area contributed by atoms with E-state index in [1.165, 1.54) is 10.5 Å². The van der Waals surface area contributed by atoms with Crippen LogP contribution in [0.4, 0.5) is 0 Å². The van der Waals surface area contributed by atoms with E-state index in [4.69, 9.17) is 9.47 Å². The van der Waals surface area contributed by atoms with Crippen LogP contribution in [0.1, 0.15) is 30.3 Å². The molecule has 152 valence electrons. The highest BCUT2D eigenvalue weighted by atomic mass is 32.1. The number of para-hydroxylation sites is 1. The Morgan fingerprint density at radius 1 is 1.07 bits per heavy atom. The van der Waals surface area contributed by atoms with Crippen LogP contribution in [-0.4, -0.2) is 42.0 Å². The largest absolute Gasteiger partial charge is 0.482 e. The maximum absolute atomic E-state index is 12.2. The smallest absolute Gasteiger partial charge is 0.344 e. The van der Waals surface area contributed by atoms with Gasteiger partial charge in [-0.15, -0.1) is 11.3 Å². The number of esters is 1. The van der Waals surface area contributed by atoms with E-state index in [0.29, 0.717) is 18.2 Å². The second-order valence-electron chi connectivity index (χ2n) is 7.00. The number of ether oxygens (including phenoxy) is 2. The summed E-state index contributed by atoms with van der Waals surface area (Å²) in [5.41, 5.74) is 2.11. The highest BCUT2D eigenvalue weighted by Gasteiger charge is 2.15. The molecule has 0 aliphatic carbocycles. The van der Waals surface area contributed by atoms with E-state index < -0.39 is 5.97 Å². The molecule has 1 amide bonds. The molecule has 0 aliphatic heterocycles. The van der Waals surface area contributed by atoms with Gasteiger partial charge in [0.15, 0.2) is 13.2 Å². The van der Waals surface area contributed by atoms with Gasteiger partial charge < -0.3 is 14.4 Å². The summed E-state index contributed by atoms with van der Waals surface area (Å²) in [4.78, 5) is 30.1. The summed E-state index contributed by atoms with van der Waals surface area (Å²) in [5.74, 6) is 0.143. The van der Waals surface area contributed by atoms with Gasteiger partial charge in [0.1, 0.15) is 10.8 Å². The van der Waals surface area contributed by atoms with Crippen molar-refractivity contribution in [3.63, 3.8) is 0 Å². The molecule has 0 unspecified atom stereocenters. The monoisotopic (exact) mass is 412 g/mol. The van der Waals surface area contributed by atoms with Crippen LogP contribution in [0.25, 0.3) is 10.2 Å². The normalized spacial score (nSPS) is 10.9. The molecule has 3 aromatic rings. The van der Waals surface area contributed by atoms with E-state index in [1.807, 2.05) is 48.5 Å². The first-order chi connectivity index (χ1) is 13.9. The fourth-order valence-corrected chi connectivity index (χ4v) is 3.68. The van der Waals surface area contributed by atoms with Crippen LogP contribution in [0.2, 0.25) is 0 Å². The molecule has 1 heterocycles. The summed E-state index contributed by atoms with van der Waals surface area (Å²) in [6, 6.07) is 15.4. The number of amides is 1. The lowest BCUT2D eigenvalue weighted by Gasteiger charge is -2.15. The van der Waals surface area contributed by atoms with Gasteiger partial charge in [0.05, 0.1) is 16.8 Å². The molecule has 0 spiro atoms. The molecule has 1 aromatic heterocycles. The quantitative estimate of drug-likeness (QED) is 0.523. The number of thiazole rings is 1. The van der Waals surface area contributed by atoms with Gasteiger partial charge >= 0.3 is 5.97 Å². The Hall–Kier alpha value is -2.93. The van der Waals surface area contributed by atoms with Crippen LogP contribution in [0, 0.1) is 0 Å². The van der Waals surface area contributed by atoms with Crippen LogP contribution >= 0.6 is 11.3 Å². The molecule has 6 nitrogen and oxygen atoms in total. The third-order valence-corrected chi connectivity index (χ3v) is 5.42. The predicted molar refractivity (Wildman–Crippen MR) is 113 cm³/mol. The number of hydrogen-bond donors (Lipinski definition) is 0. The van der Waals surface area contributed by atoms with Crippen molar-refractivity contribution in [2.24, 2.45) is 0 Å². The number of nitrogens with zero attached hydrogens (tertiary/aromatic N) is 2. The van der Waals surface area contributed by atoms with Crippen molar-refractivity contribution in [3.05, 3.63) is 59.1 Å². The van der Waals surface area contributed by atoms with Crippen molar-refractivity contribution in [3.8, 4) is 5.75 Å². The molecule has 29 heavy (non-hydrogen) atoms. The van der Waals surface area contributed by atoms with Crippen molar-refractivity contribution < 1.29 is 19.1 Å². The average Bonchev–Trinajstić information content (AvgIpc) is 3.12. The summed E-state index contributed by atoms with van der Waals surface area (Å²) in [5, 5.41) is 0.835. The lowest BCUT2D eigenvalue weighted by Crippen LogP contribution is -2.31. The molecule has 0 saturated carbocycles. The molecule has 0 fully saturated rings. The molecule has 0 bridgehead atoms. The SMILES string of the molecule is CC(C)c1ccc(OCC(=O)OCC(=O)N(C)Cc2nc3ccccc3s2)cc1. The minimum atomic E-state index is -0.584. The Morgan fingerprint density at radius 2 is 1.79 bits per heavy atom. The lowest BCUT2D eigenvalue weighted by atomic mass is 10.0. The average molecular weight is 413 g/mol. The summed E-state index contributed by atoms with van der Waals surface area (Å²) in [6.45, 7) is 4.02. The fraction of sp³-hybridized carbons (Fsp3) is 0.318. The molecule has 7 heteroatoms.